The van der Waals surface area contributed by atoms with Gasteiger partial charge in [-0.1, -0.05) is 53.5 Å². The van der Waals surface area contributed by atoms with E-state index < -0.39 is 10.0 Å². The molecular formula is C22H17Cl2N5O3S2. The molecule has 4 rings (SSSR count). The smallest absolute Gasteiger partial charge is 0.279 e. The van der Waals surface area contributed by atoms with E-state index in [1.165, 1.54) is 29.2 Å². The van der Waals surface area contributed by atoms with Crippen molar-refractivity contribution in [2.75, 3.05) is 10.2 Å². The Morgan fingerprint density at radius 3 is 2.38 bits per heavy atom. The van der Waals surface area contributed by atoms with Gasteiger partial charge in [0, 0.05) is 16.3 Å². The summed E-state index contributed by atoms with van der Waals surface area (Å²) in [5, 5.41) is 12.9. The molecule has 1 heterocycles. The van der Waals surface area contributed by atoms with Crippen LogP contribution in [0.15, 0.2) is 76.7 Å². The second kappa shape index (κ2) is 9.69. The third-order valence-electron chi connectivity index (χ3n) is 4.89. The third-order valence-corrected chi connectivity index (χ3v) is 6.52. The van der Waals surface area contributed by atoms with Crippen molar-refractivity contribution in [1.29, 1.82) is 0 Å². The van der Waals surface area contributed by atoms with Gasteiger partial charge in [0.15, 0.2) is 10.8 Å². The van der Waals surface area contributed by atoms with Gasteiger partial charge in [-0.2, -0.15) is 5.10 Å². The van der Waals surface area contributed by atoms with Crippen LogP contribution >= 0.6 is 35.4 Å². The Hall–Kier alpha value is -3.02. The second-order valence-electron chi connectivity index (χ2n) is 7.26. The van der Waals surface area contributed by atoms with E-state index in [2.05, 4.69) is 15.8 Å². The number of halogens is 2. The van der Waals surface area contributed by atoms with Crippen LogP contribution in [0, 0.1) is 0 Å². The quantitative estimate of drug-likeness (QED) is 0.338. The fourth-order valence-electron chi connectivity index (χ4n) is 3.38. The van der Waals surface area contributed by atoms with Crippen LogP contribution in [0.25, 0.3) is 0 Å². The van der Waals surface area contributed by atoms with E-state index in [0.717, 1.165) is 5.56 Å². The predicted octanol–water partition coefficient (Wildman–Crippen LogP) is 3.88. The first kappa shape index (κ1) is 24.1. The van der Waals surface area contributed by atoms with Gasteiger partial charge in [-0.15, -0.1) is 0 Å². The maximum absolute atomic E-state index is 13.3. The molecule has 1 aliphatic heterocycles. The molecule has 34 heavy (non-hydrogen) atoms. The lowest BCUT2D eigenvalue weighted by molar-refractivity contribution is -0.112. The van der Waals surface area contributed by atoms with Gasteiger partial charge >= 0.3 is 0 Å². The molecule has 8 nitrogen and oxygen atoms in total. The van der Waals surface area contributed by atoms with Crippen molar-refractivity contribution >= 4 is 73.5 Å². The van der Waals surface area contributed by atoms with Crippen molar-refractivity contribution in [3.8, 4) is 0 Å². The SMILES string of the molecule is NS(=O)(=O)c1ccc(NC(=S)NN=C2C(=O)N(Cc3ccccc3)c3c(Cl)cc(Cl)cc32)cc1. The largest absolute Gasteiger partial charge is 0.331 e. The highest BCUT2D eigenvalue weighted by atomic mass is 35.5. The molecule has 0 bridgehead atoms. The zero-order valence-corrected chi connectivity index (χ0v) is 20.5. The molecule has 0 aliphatic carbocycles. The predicted molar refractivity (Wildman–Crippen MR) is 138 cm³/mol. The summed E-state index contributed by atoms with van der Waals surface area (Å²) in [6.07, 6.45) is 0. The number of sulfonamides is 1. The van der Waals surface area contributed by atoms with Crippen LogP contribution in [0.4, 0.5) is 11.4 Å². The first-order valence-corrected chi connectivity index (χ1v) is 12.5. The number of nitrogens with zero attached hydrogens (tertiary/aromatic N) is 2. The molecule has 3 aromatic rings. The molecule has 0 aromatic heterocycles. The van der Waals surface area contributed by atoms with E-state index in [1.807, 2.05) is 30.3 Å². The van der Waals surface area contributed by atoms with E-state index in [1.54, 1.807) is 12.1 Å². The van der Waals surface area contributed by atoms with Gasteiger partial charge in [-0.3, -0.25) is 10.2 Å². The minimum Gasteiger partial charge on any atom is -0.331 e. The topological polar surface area (TPSA) is 117 Å². The number of amides is 1. The normalized spacial score (nSPS) is 14.3. The minimum absolute atomic E-state index is 0.0300. The number of carbonyl (C=O) groups excluding carboxylic acids is 1. The van der Waals surface area contributed by atoms with E-state index >= 15 is 0 Å². The summed E-state index contributed by atoms with van der Waals surface area (Å²) in [6.45, 7) is 0.298. The number of thiocarbonyl (C=S) groups is 1. The molecule has 4 N–H and O–H groups in total. The van der Waals surface area contributed by atoms with Crippen LogP contribution in [0.3, 0.4) is 0 Å². The Kier molecular flexibility index (Phi) is 6.87. The first-order valence-electron chi connectivity index (χ1n) is 9.76. The van der Waals surface area contributed by atoms with Crippen molar-refractivity contribution in [1.82, 2.24) is 5.43 Å². The highest BCUT2D eigenvalue weighted by molar-refractivity contribution is 7.89. The molecule has 1 amide bonds. The van der Waals surface area contributed by atoms with Gasteiger partial charge in [0.2, 0.25) is 10.0 Å². The van der Waals surface area contributed by atoms with Crippen LogP contribution in [-0.2, 0) is 21.4 Å². The van der Waals surface area contributed by atoms with E-state index in [4.69, 9.17) is 40.6 Å². The van der Waals surface area contributed by atoms with Gasteiger partial charge in [0.25, 0.3) is 5.91 Å². The lowest BCUT2D eigenvalue weighted by Crippen LogP contribution is -2.32. The van der Waals surface area contributed by atoms with Crippen molar-refractivity contribution < 1.29 is 13.2 Å². The van der Waals surface area contributed by atoms with Gasteiger partial charge in [-0.25, -0.2) is 13.6 Å². The Morgan fingerprint density at radius 1 is 1.06 bits per heavy atom. The number of anilines is 2. The lowest BCUT2D eigenvalue weighted by atomic mass is 10.1. The van der Waals surface area contributed by atoms with Crippen LogP contribution in [-0.4, -0.2) is 25.1 Å². The Morgan fingerprint density at radius 2 is 1.74 bits per heavy atom. The summed E-state index contributed by atoms with van der Waals surface area (Å²) in [5.74, 6) is -0.365. The van der Waals surface area contributed by atoms with Crippen molar-refractivity contribution in [3.63, 3.8) is 0 Å². The van der Waals surface area contributed by atoms with Gasteiger partial charge in [0.1, 0.15) is 0 Å². The van der Waals surface area contributed by atoms with Crippen molar-refractivity contribution in [3.05, 3.63) is 87.9 Å². The van der Waals surface area contributed by atoms with E-state index in [9.17, 15) is 13.2 Å². The zero-order chi connectivity index (χ0) is 24.5. The molecule has 3 aromatic carbocycles. The van der Waals surface area contributed by atoms with Crippen LogP contribution in [0.1, 0.15) is 11.1 Å². The number of nitrogens with two attached hydrogens (primary N) is 1. The minimum atomic E-state index is -3.80. The van der Waals surface area contributed by atoms with Crippen molar-refractivity contribution in [2.45, 2.75) is 11.4 Å². The molecule has 1 aliphatic rings. The Balaban J connectivity index is 1.57. The van der Waals surface area contributed by atoms with Crippen LogP contribution in [0.2, 0.25) is 10.0 Å². The summed E-state index contributed by atoms with van der Waals surface area (Å²) < 4.78 is 22.8. The number of hydrazone groups is 1. The molecule has 0 fully saturated rings. The summed E-state index contributed by atoms with van der Waals surface area (Å²) >= 11 is 17.9. The number of nitrogens with one attached hydrogen (secondary N) is 2. The average Bonchev–Trinajstić information content (AvgIpc) is 3.03. The third kappa shape index (κ3) is 5.21. The van der Waals surface area contributed by atoms with Gasteiger partial charge in [0.05, 0.1) is 22.2 Å². The highest BCUT2D eigenvalue weighted by Crippen LogP contribution is 2.39. The standard InChI is InChI=1S/C22H17Cl2N5O3S2/c23-14-10-17-19(27-28-22(33)26-15-6-8-16(9-7-15)34(25,31)32)21(30)29(20(17)18(24)11-14)12-13-4-2-1-3-5-13/h1-11H,12H2,(H2,25,31,32)(H2,26,28,33). The number of benzene rings is 3. The monoisotopic (exact) mass is 533 g/mol. The van der Waals surface area contributed by atoms with Crippen LogP contribution in [0.5, 0.6) is 0 Å². The molecule has 0 saturated heterocycles. The Labute approximate surface area is 211 Å². The summed E-state index contributed by atoms with van der Waals surface area (Å²) in [4.78, 5) is 14.8. The molecule has 174 valence electrons. The number of rotatable bonds is 5. The molecule has 0 spiro atoms. The fourth-order valence-corrected chi connectivity index (χ4v) is 4.66. The molecule has 12 heteroatoms. The van der Waals surface area contributed by atoms with Gasteiger partial charge in [-0.05, 0) is 54.2 Å². The number of carbonyl (C=O) groups is 1. The summed E-state index contributed by atoms with van der Waals surface area (Å²) in [6, 6.07) is 18.3. The van der Waals surface area contributed by atoms with Crippen LogP contribution < -0.4 is 20.8 Å². The lowest BCUT2D eigenvalue weighted by Gasteiger charge is -2.18. The van der Waals surface area contributed by atoms with E-state index in [0.29, 0.717) is 33.5 Å². The molecule has 0 radical (unpaired) electrons. The molecule has 0 unspecified atom stereocenters. The maximum atomic E-state index is 13.3. The number of primary sulfonamides is 1. The first-order chi connectivity index (χ1) is 16.1. The Bertz CT molecular complexity index is 1410. The van der Waals surface area contributed by atoms with Crippen molar-refractivity contribution in [2.24, 2.45) is 10.2 Å². The summed E-state index contributed by atoms with van der Waals surface area (Å²) in [5.41, 5.74) is 5.15. The number of hydrogen-bond acceptors (Lipinski definition) is 5. The van der Waals surface area contributed by atoms with Gasteiger partial charge < -0.3 is 10.2 Å². The molecule has 0 saturated carbocycles. The molecule has 0 atom stereocenters. The molecular weight excluding hydrogens is 517 g/mol. The highest BCUT2D eigenvalue weighted by Gasteiger charge is 2.36. The van der Waals surface area contributed by atoms with E-state index in [-0.39, 0.29) is 21.6 Å². The fraction of sp³-hybridized carbons (Fsp3) is 0.0455. The number of hydrogen-bond donors (Lipinski definition) is 3. The maximum Gasteiger partial charge on any atom is 0.279 e. The summed E-state index contributed by atoms with van der Waals surface area (Å²) in [7, 11) is -3.80. The zero-order valence-electron chi connectivity index (χ0n) is 17.3. The second-order valence-corrected chi connectivity index (χ2v) is 10.1. The number of fused-ring (bicyclic) bond motifs is 1. The average molecular weight is 534 g/mol.